The Morgan fingerprint density at radius 2 is 2.27 bits per heavy atom. The molecule has 0 radical (unpaired) electrons. The van der Waals surface area contributed by atoms with Gasteiger partial charge < -0.3 is 5.32 Å². The Morgan fingerprint density at radius 1 is 1.47 bits per heavy atom. The van der Waals surface area contributed by atoms with E-state index in [-0.39, 0.29) is 0 Å². The Morgan fingerprint density at radius 3 is 2.93 bits per heavy atom. The maximum Gasteiger partial charge on any atom is 0.137 e. The van der Waals surface area contributed by atoms with E-state index in [0.29, 0.717) is 5.15 Å². The van der Waals surface area contributed by atoms with Gasteiger partial charge in [0.25, 0.3) is 0 Å². The van der Waals surface area contributed by atoms with Crippen LogP contribution in [0.4, 0.5) is 5.82 Å². The summed E-state index contributed by atoms with van der Waals surface area (Å²) in [5.41, 5.74) is 0.938. The molecule has 0 aromatic carbocycles. The molecule has 1 aliphatic carbocycles. The average Bonchev–Trinajstić information content (AvgIpc) is 2.16. The molecule has 2 rings (SSSR count). The van der Waals surface area contributed by atoms with Gasteiger partial charge in [0.1, 0.15) is 17.3 Å². The number of hydrogen-bond donors (Lipinski definition) is 1. The van der Waals surface area contributed by atoms with Crippen LogP contribution in [0.3, 0.4) is 0 Å². The zero-order chi connectivity index (χ0) is 10.7. The summed E-state index contributed by atoms with van der Waals surface area (Å²) >= 11 is 5.90. The molecule has 1 saturated carbocycles. The number of nitrogens with zero attached hydrogens (tertiary/aromatic N) is 2. The number of nitrogens with one attached hydrogen (secondary N) is 1. The largest absolute Gasteiger partial charge is 0.370 e. The van der Waals surface area contributed by atoms with Crippen molar-refractivity contribution in [2.75, 3.05) is 11.9 Å². The zero-order valence-electron chi connectivity index (χ0n) is 8.96. The Balaban J connectivity index is 1.84. The van der Waals surface area contributed by atoms with Gasteiger partial charge in [0, 0.05) is 12.1 Å². The van der Waals surface area contributed by atoms with Crippen molar-refractivity contribution < 1.29 is 0 Å². The number of rotatable bonds is 4. The van der Waals surface area contributed by atoms with Crippen LogP contribution in [0.25, 0.3) is 0 Å². The van der Waals surface area contributed by atoms with Gasteiger partial charge in [0.2, 0.25) is 0 Å². The molecule has 15 heavy (non-hydrogen) atoms. The molecule has 0 aliphatic heterocycles. The molecule has 1 aliphatic rings. The predicted octanol–water partition coefficient (Wildman–Crippen LogP) is 3.04. The lowest BCUT2D eigenvalue weighted by Gasteiger charge is -2.25. The summed E-state index contributed by atoms with van der Waals surface area (Å²) in [4.78, 5) is 8.10. The van der Waals surface area contributed by atoms with Gasteiger partial charge in [-0.25, -0.2) is 9.97 Å². The molecule has 3 nitrogen and oxygen atoms in total. The molecule has 1 fully saturated rings. The first-order valence-corrected chi connectivity index (χ1v) is 5.86. The van der Waals surface area contributed by atoms with Crippen molar-refractivity contribution in [3.05, 3.63) is 17.0 Å². The van der Waals surface area contributed by atoms with Crippen LogP contribution >= 0.6 is 11.6 Å². The van der Waals surface area contributed by atoms with E-state index in [2.05, 4.69) is 15.3 Å². The molecule has 0 atom stereocenters. The molecule has 1 aromatic rings. The lowest BCUT2D eigenvalue weighted by molar-refractivity contribution is 0.303. The van der Waals surface area contributed by atoms with Gasteiger partial charge in [0.05, 0.1) is 0 Å². The molecule has 1 N–H and O–H groups in total. The number of anilines is 1. The number of hydrogen-bond acceptors (Lipinski definition) is 3. The lowest BCUT2D eigenvalue weighted by Crippen LogP contribution is -2.16. The Labute approximate surface area is 95.3 Å². The van der Waals surface area contributed by atoms with Crippen molar-refractivity contribution in [2.45, 2.75) is 32.6 Å². The van der Waals surface area contributed by atoms with Crippen molar-refractivity contribution in [3.63, 3.8) is 0 Å². The topological polar surface area (TPSA) is 37.8 Å². The third kappa shape index (κ3) is 2.59. The third-order valence-electron chi connectivity index (χ3n) is 3.09. The summed E-state index contributed by atoms with van der Waals surface area (Å²) in [5, 5.41) is 3.86. The second kappa shape index (κ2) is 4.79. The quantitative estimate of drug-likeness (QED) is 0.801. The van der Waals surface area contributed by atoms with Crippen LogP contribution < -0.4 is 5.32 Å². The summed E-state index contributed by atoms with van der Waals surface area (Å²) in [6.07, 6.45) is 6.93. The van der Waals surface area contributed by atoms with Gasteiger partial charge in [-0.1, -0.05) is 30.9 Å². The first kappa shape index (κ1) is 10.7. The van der Waals surface area contributed by atoms with Crippen LogP contribution in [0.15, 0.2) is 6.33 Å². The van der Waals surface area contributed by atoms with Gasteiger partial charge >= 0.3 is 0 Å². The molecule has 1 aromatic heterocycles. The van der Waals surface area contributed by atoms with Crippen LogP contribution in [0.2, 0.25) is 5.15 Å². The summed E-state index contributed by atoms with van der Waals surface area (Å²) in [7, 11) is 0. The van der Waals surface area contributed by atoms with E-state index in [1.54, 1.807) is 0 Å². The first-order chi connectivity index (χ1) is 7.27. The minimum atomic E-state index is 0.538. The monoisotopic (exact) mass is 225 g/mol. The minimum absolute atomic E-state index is 0.538. The van der Waals surface area contributed by atoms with Crippen molar-refractivity contribution >= 4 is 17.4 Å². The van der Waals surface area contributed by atoms with E-state index < -0.39 is 0 Å². The van der Waals surface area contributed by atoms with E-state index in [1.807, 2.05) is 6.92 Å². The molecule has 0 saturated heterocycles. The SMILES string of the molecule is Cc1c(Cl)ncnc1NCCC1CCC1. The highest BCUT2D eigenvalue weighted by atomic mass is 35.5. The second-order valence-corrected chi connectivity index (χ2v) is 4.51. The summed E-state index contributed by atoms with van der Waals surface area (Å²) in [5.74, 6) is 1.80. The predicted molar refractivity (Wildman–Crippen MR) is 62.2 cm³/mol. The van der Waals surface area contributed by atoms with Crippen molar-refractivity contribution in [1.29, 1.82) is 0 Å². The van der Waals surface area contributed by atoms with E-state index in [9.17, 15) is 0 Å². The van der Waals surface area contributed by atoms with E-state index in [1.165, 1.54) is 32.0 Å². The Hall–Kier alpha value is -0.830. The van der Waals surface area contributed by atoms with Gasteiger partial charge in [-0.2, -0.15) is 0 Å². The highest BCUT2D eigenvalue weighted by Crippen LogP contribution is 2.29. The van der Waals surface area contributed by atoms with Crippen LogP contribution in [0.1, 0.15) is 31.2 Å². The maximum absolute atomic E-state index is 5.90. The third-order valence-corrected chi connectivity index (χ3v) is 3.47. The fourth-order valence-electron chi connectivity index (χ4n) is 1.78. The highest BCUT2D eigenvalue weighted by molar-refractivity contribution is 6.30. The van der Waals surface area contributed by atoms with Crippen LogP contribution in [0.5, 0.6) is 0 Å². The minimum Gasteiger partial charge on any atom is -0.370 e. The second-order valence-electron chi connectivity index (χ2n) is 4.15. The van der Waals surface area contributed by atoms with Crippen LogP contribution in [0, 0.1) is 12.8 Å². The number of halogens is 1. The van der Waals surface area contributed by atoms with E-state index in [4.69, 9.17) is 11.6 Å². The number of aromatic nitrogens is 2. The highest BCUT2D eigenvalue weighted by Gasteiger charge is 2.16. The molecule has 0 unspecified atom stereocenters. The molecule has 4 heteroatoms. The van der Waals surface area contributed by atoms with Gasteiger partial charge in [-0.05, 0) is 19.3 Å². The summed E-state index contributed by atoms with van der Waals surface area (Å²) in [6, 6.07) is 0. The standard InChI is InChI=1S/C11H16ClN3/c1-8-10(12)14-7-15-11(8)13-6-5-9-3-2-4-9/h7,9H,2-6H2,1H3,(H,13,14,15). The van der Waals surface area contributed by atoms with Crippen molar-refractivity contribution in [2.24, 2.45) is 5.92 Å². The Kier molecular flexibility index (Phi) is 3.41. The maximum atomic E-state index is 5.90. The van der Waals surface area contributed by atoms with Crippen molar-refractivity contribution in [1.82, 2.24) is 9.97 Å². The van der Waals surface area contributed by atoms with E-state index in [0.717, 1.165) is 23.8 Å². The fourth-order valence-corrected chi connectivity index (χ4v) is 1.92. The molecule has 82 valence electrons. The van der Waals surface area contributed by atoms with Gasteiger partial charge in [-0.15, -0.1) is 0 Å². The normalized spacial score (nSPS) is 16.1. The van der Waals surface area contributed by atoms with E-state index >= 15 is 0 Å². The smallest absolute Gasteiger partial charge is 0.137 e. The molecule has 0 amide bonds. The van der Waals surface area contributed by atoms with Crippen LogP contribution in [-0.2, 0) is 0 Å². The first-order valence-electron chi connectivity index (χ1n) is 5.48. The van der Waals surface area contributed by atoms with Crippen molar-refractivity contribution in [3.8, 4) is 0 Å². The molecule has 1 heterocycles. The van der Waals surface area contributed by atoms with Crippen LogP contribution in [-0.4, -0.2) is 16.5 Å². The summed E-state index contributed by atoms with van der Waals surface area (Å²) in [6.45, 7) is 2.92. The zero-order valence-corrected chi connectivity index (χ0v) is 9.72. The van der Waals surface area contributed by atoms with Gasteiger partial charge in [0.15, 0.2) is 0 Å². The van der Waals surface area contributed by atoms with Gasteiger partial charge in [-0.3, -0.25) is 0 Å². The fraction of sp³-hybridized carbons (Fsp3) is 0.636. The lowest BCUT2D eigenvalue weighted by atomic mass is 9.83. The Bertz CT molecular complexity index is 337. The molecular formula is C11H16ClN3. The molecular weight excluding hydrogens is 210 g/mol. The summed E-state index contributed by atoms with van der Waals surface area (Å²) < 4.78 is 0. The average molecular weight is 226 g/mol. The molecule has 0 bridgehead atoms. The molecule has 0 spiro atoms.